The number of pyridine rings is 1. The number of carbonyl (C=O) groups is 1. The largest absolute Gasteiger partial charge is 0.489 e. The van der Waals surface area contributed by atoms with Gasteiger partial charge in [-0.15, -0.1) is 0 Å². The normalized spacial score (nSPS) is 10.4. The van der Waals surface area contributed by atoms with Crippen LogP contribution in [-0.4, -0.2) is 23.5 Å². The second-order valence-corrected chi connectivity index (χ2v) is 5.47. The monoisotopic (exact) mass is 313 g/mol. The Morgan fingerprint density at radius 2 is 2.04 bits per heavy atom. The van der Waals surface area contributed by atoms with Crippen LogP contribution in [0.5, 0.6) is 5.75 Å². The average molecular weight is 313 g/mol. The van der Waals surface area contributed by atoms with Crippen LogP contribution in [-0.2, 0) is 0 Å². The number of carbonyl (C=O) groups excluding carboxylic acids is 1. The zero-order valence-corrected chi connectivity index (χ0v) is 13.8. The molecule has 2 rings (SSSR count). The molecule has 0 aliphatic carbocycles. The number of para-hydroxylation sites is 2. The Morgan fingerprint density at radius 1 is 1.26 bits per heavy atom. The Balaban J connectivity index is 2.13. The Bertz CT molecular complexity index is 656. The Labute approximate surface area is 137 Å². The molecular formula is C18H23N3O2. The number of hydrogen-bond donors (Lipinski definition) is 2. The zero-order valence-electron chi connectivity index (χ0n) is 13.8. The van der Waals surface area contributed by atoms with Gasteiger partial charge in [-0.2, -0.15) is 0 Å². The summed E-state index contributed by atoms with van der Waals surface area (Å²) in [6, 6.07) is 11.0. The third-order valence-electron chi connectivity index (χ3n) is 3.07. The Hall–Kier alpha value is -2.56. The lowest BCUT2D eigenvalue weighted by atomic mass is 10.2. The van der Waals surface area contributed by atoms with Crippen molar-refractivity contribution in [3.63, 3.8) is 0 Å². The maximum absolute atomic E-state index is 12.4. The molecule has 1 heterocycles. The molecule has 0 aliphatic rings. The van der Waals surface area contributed by atoms with Crippen LogP contribution >= 0.6 is 0 Å². The number of aromatic nitrogens is 1. The van der Waals surface area contributed by atoms with Crippen molar-refractivity contribution in [3.05, 3.63) is 48.3 Å². The summed E-state index contributed by atoms with van der Waals surface area (Å²) in [7, 11) is 0. The van der Waals surface area contributed by atoms with Crippen LogP contribution in [0.4, 0.5) is 11.4 Å². The van der Waals surface area contributed by atoms with Gasteiger partial charge in [-0.1, -0.05) is 19.1 Å². The minimum Gasteiger partial charge on any atom is -0.489 e. The Kier molecular flexibility index (Phi) is 5.97. The van der Waals surface area contributed by atoms with Gasteiger partial charge in [0.15, 0.2) is 0 Å². The van der Waals surface area contributed by atoms with E-state index in [1.807, 2.05) is 44.2 Å². The first-order valence-corrected chi connectivity index (χ1v) is 7.87. The maximum Gasteiger partial charge on any atom is 0.274 e. The predicted molar refractivity (Wildman–Crippen MR) is 93.2 cm³/mol. The molecule has 1 aromatic carbocycles. The molecule has 0 spiro atoms. The van der Waals surface area contributed by atoms with Crippen molar-refractivity contribution in [2.45, 2.75) is 33.3 Å². The fourth-order valence-electron chi connectivity index (χ4n) is 2.05. The Morgan fingerprint density at radius 3 is 2.78 bits per heavy atom. The second kappa shape index (κ2) is 8.17. The van der Waals surface area contributed by atoms with Gasteiger partial charge in [0.25, 0.3) is 5.91 Å². The van der Waals surface area contributed by atoms with Crippen molar-refractivity contribution in [3.8, 4) is 5.75 Å². The van der Waals surface area contributed by atoms with E-state index in [0.29, 0.717) is 17.1 Å². The zero-order chi connectivity index (χ0) is 16.7. The molecule has 5 heteroatoms. The van der Waals surface area contributed by atoms with E-state index in [1.54, 1.807) is 12.3 Å². The van der Waals surface area contributed by atoms with Crippen LogP contribution in [0.15, 0.2) is 42.6 Å². The van der Waals surface area contributed by atoms with E-state index in [0.717, 1.165) is 18.7 Å². The lowest BCUT2D eigenvalue weighted by Crippen LogP contribution is -2.16. The number of ether oxygens (including phenoxy) is 1. The highest BCUT2D eigenvalue weighted by Gasteiger charge is 2.12. The number of anilines is 2. The van der Waals surface area contributed by atoms with Gasteiger partial charge in [0, 0.05) is 18.4 Å². The summed E-state index contributed by atoms with van der Waals surface area (Å²) in [6.07, 6.45) is 2.68. The van der Waals surface area contributed by atoms with Gasteiger partial charge in [0.05, 0.1) is 11.8 Å². The van der Waals surface area contributed by atoms with E-state index in [-0.39, 0.29) is 12.0 Å². The number of rotatable bonds is 7. The molecule has 0 aliphatic heterocycles. The molecular weight excluding hydrogens is 290 g/mol. The summed E-state index contributed by atoms with van der Waals surface area (Å²) in [5.41, 5.74) is 1.89. The second-order valence-electron chi connectivity index (χ2n) is 5.47. The van der Waals surface area contributed by atoms with Crippen LogP contribution in [0.25, 0.3) is 0 Å². The molecule has 122 valence electrons. The SMILES string of the molecule is CCCNc1ccnc(C(=O)Nc2ccccc2OC(C)C)c1. The standard InChI is InChI=1S/C18H23N3O2/c1-4-10-19-14-9-11-20-16(12-14)18(22)21-15-7-5-6-8-17(15)23-13(2)3/h5-9,11-13H,4,10H2,1-3H3,(H,19,20)(H,21,22). The third-order valence-corrected chi connectivity index (χ3v) is 3.07. The highest BCUT2D eigenvalue weighted by atomic mass is 16.5. The molecule has 0 bridgehead atoms. The molecule has 0 saturated heterocycles. The number of nitrogens with one attached hydrogen (secondary N) is 2. The highest BCUT2D eigenvalue weighted by Crippen LogP contribution is 2.25. The molecule has 0 unspecified atom stereocenters. The van der Waals surface area contributed by atoms with Gasteiger partial charge in [-0.25, -0.2) is 0 Å². The fraction of sp³-hybridized carbons (Fsp3) is 0.333. The van der Waals surface area contributed by atoms with E-state index >= 15 is 0 Å². The summed E-state index contributed by atoms with van der Waals surface area (Å²) in [5.74, 6) is 0.390. The lowest BCUT2D eigenvalue weighted by Gasteiger charge is -2.14. The van der Waals surface area contributed by atoms with E-state index in [2.05, 4.69) is 22.5 Å². The first kappa shape index (κ1) is 16.8. The molecule has 2 aromatic rings. The molecule has 2 N–H and O–H groups in total. The molecule has 1 amide bonds. The predicted octanol–water partition coefficient (Wildman–Crippen LogP) is 3.94. The van der Waals surface area contributed by atoms with Crippen molar-refractivity contribution in [2.24, 2.45) is 0 Å². The van der Waals surface area contributed by atoms with Gasteiger partial charge in [-0.05, 0) is 44.5 Å². The molecule has 23 heavy (non-hydrogen) atoms. The van der Waals surface area contributed by atoms with Crippen molar-refractivity contribution in [2.75, 3.05) is 17.2 Å². The van der Waals surface area contributed by atoms with E-state index in [1.165, 1.54) is 0 Å². The number of hydrogen-bond acceptors (Lipinski definition) is 4. The van der Waals surface area contributed by atoms with Crippen molar-refractivity contribution < 1.29 is 9.53 Å². The van der Waals surface area contributed by atoms with E-state index in [4.69, 9.17) is 4.74 Å². The van der Waals surface area contributed by atoms with E-state index in [9.17, 15) is 4.79 Å². The van der Waals surface area contributed by atoms with Gasteiger partial charge in [0.1, 0.15) is 11.4 Å². The van der Waals surface area contributed by atoms with Crippen LogP contribution < -0.4 is 15.4 Å². The highest BCUT2D eigenvalue weighted by molar-refractivity contribution is 6.04. The molecule has 5 nitrogen and oxygen atoms in total. The number of benzene rings is 1. The lowest BCUT2D eigenvalue weighted by molar-refractivity contribution is 0.102. The van der Waals surface area contributed by atoms with Crippen molar-refractivity contribution in [1.82, 2.24) is 4.98 Å². The van der Waals surface area contributed by atoms with Crippen LogP contribution in [0.1, 0.15) is 37.7 Å². The van der Waals surface area contributed by atoms with Crippen LogP contribution in [0.2, 0.25) is 0 Å². The van der Waals surface area contributed by atoms with Crippen LogP contribution in [0.3, 0.4) is 0 Å². The average Bonchev–Trinajstić information content (AvgIpc) is 2.54. The topological polar surface area (TPSA) is 63.2 Å². The van der Waals surface area contributed by atoms with E-state index < -0.39 is 0 Å². The molecule has 0 radical (unpaired) electrons. The van der Waals surface area contributed by atoms with Crippen LogP contribution in [0, 0.1) is 0 Å². The first-order valence-electron chi connectivity index (χ1n) is 7.87. The van der Waals surface area contributed by atoms with Crippen molar-refractivity contribution >= 4 is 17.3 Å². The smallest absolute Gasteiger partial charge is 0.274 e. The first-order chi connectivity index (χ1) is 11.1. The molecule has 0 fully saturated rings. The summed E-state index contributed by atoms with van der Waals surface area (Å²) >= 11 is 0. The minimum atomic E-state index is -0.259. The maximum atomic E-state index is 12.4. The minimum absolute atomic E-state index is 0.0350. The fourth-order valence-corrected chi connectivity index (χ4v) is 2.05. The third kappa shape index (κ3) is 4.98. The van der Waals surface area contributed by atoms with Gasteiger partial charge >= 0.3 is 0 Å². The number of nitrogens with zero attached hydrogens (tertiary/aromatic N) is 1. The summed E-state index contributed by atoms with van der Waals surface area (Å²) in [5, 5.41) is 6.11. The summed E-state index contributed by atoms with van der Waals surface area (Å²) in [6.45, 7) is 6.84. The van der Waals surface area contributed by atoms with Gasteiger partial charge < -0.3 is 15.4 Å². The quantitative estimate of drug-likeness (QED) is 0.812. The van der Waals surface area contributed by atoms with Gasteiger partial charge in [0.2, 0.25) is 0 Å². The summed E-state index contributed by atoms with van der Waals surface area (Å²) < 4.78 is 5.71. The molecule has 0 saturated carbocycles. The van der Waals surface area contributed by atoms with Gasteiger partial charge in [-0.3, -0.25) is 9.78 Å². The number of amides is 1. The molecule has 1 aromatic heterocycles. The summed E-state index contributed by atoms with van der Waals surface area (Å²) in [4.78, 5) is 16.6. The van der Waals surface area contributed by atoms with Crippen molar-refractivity contribution in [1.29, 1.82) is 0 Å². The molecule has 0 atom stereocenters.